The maximum Gasteiger partial charge on any atom is 0.222 e. The average molecular weight is 285 g/mol. The van der Waals surface area contributed by atoms with Gasteiger partial charge in [-0.1, -0.05) is 17.7 Å². The number of amides is 1. The van der Waals surface area contributed by atoms with Crippen molar-refractivity contribution in [2.24, 2.45) is 0 Å². The summed E-state index contributed by atoms with van der Waals surface area (Å²) in [6.07, 6.45) is 1.63. The molecule has 1 aliphatic heterocycles. The second kappa shape index (κ2) is 6.87. The molecule has 2 rings (SSSR count). The van der Waals surface area contributed by atoms with Crippen LogP contribution in [0.4, 0.5) is 4.39 Å². The minimum absolute atomic E-state index is 0.0722. The summed E-state index contributed by atoms with van der Waals surface area (Å²) >= 11 is 5.95. The second-order valence-corrected chi connectivity index (χ2v) is 5.09. The molecule has 5 heteroatoms. The van der Waals surface area contributed by atoms with Crippen LogP contribution in [0, 0.1) is 5.82 Å². The number of nitrogens with zero attached hydrogens (tertiary/aromatic N) is 1. The minimum Gasteiger partial charge on any atom is -0.341 e. The third-order valence-electron chi connectivity index (χ3n) is 3.34. The van der Waals surface area contributed by atoms with Crippen LogP contribution in [-0.4, -0.2) is 37.0 Å². The van der Waals surface area contributed by atoms with Gasteiger partial charge < -0.3 is 10.2 Å². The van der Waals surface area contributed by atoms with Crippen molar-refractivity contribution in [3.05, 3.63) is 34.6 Å². The Morgan fingerprint density at radius 1 is 1.37 bits per heavy atom. The second-order valence-electron chi connectivity index (χ2n) is 4.68. The van der Waals surface area contributed by atoms with Crippen molar-refractivity contribution in [1.29, 1.82) is 0 Å². The van der Waals surface area contributed by atoms with E-state index in [4.69, 9.17) is 11.6 Å². The number of nitrogens with one attached hydrogen (secondary N) is 1. The molecule has 0 radical (unpaired) electrons. The molecular weight excluding hydrogens is 267 g/mol. The maximum absolute atomic E-state index is 13.6. The number of rotatable bonds is 3. The van der Waals surface area contributed by atoms with Crippen LogP contribution in [0.2, 0.25) is 5.02 Å². The lowest BCUT2D eigenvalue weighted by molar-refractivity contribution is -0.130. The van der Waals surface area contributed by atoms with Crippen LogP contribution in [0.15, 0.2) is 18.2 Å². The van der Waals surface area contributed by atoms with Gasteiger partial charge in [-0.15, -0.1) is 0 Å². The predicted molar refractivity (Wildman–Crippen MR) is 73.8 cm³/mol. The number of hydrogen-bond donors (Lipinski definition) is 1. The van der Waals surface area contributed by atoms with E-state index in [1.807, 2.05) is 4.90 Å². The standard InChI is InChI=1S/C14H18ClFN2O/c15-12-3-1-4-13(16)11(12)5-6-14(19)18-9-2-7-17-8-10-18/h1,3-4,17H,2,5-10H2. The zero-order valence-electron chi connectivity index (χ0n) is 10.8. The first-order valence-electron chi connectivity index (χ1n) is 6.60. The topological polar surface area (TPSA) is 32.3 Å². The van der Waals surface area contributed by atoms with Crippen molar-refractivity contribution >= 4 is 17.5 Å². The van der Waals surface area contributed by atoms with Gasteiger partial charge in [-0.2, -0.15) is 0 Å². The van der Waals surface area contributed by atoms with Gasteiger partial charge in [-0.25, -0.2) is 4.39 Å². The SMILES string of the molecule is O=C(CCc1c(F)cccc1Cl)N1CCCNCC1. The molecule has 0 aliphatic carbocycles. The highest BCUT2D eigenvalue weighted by molar-refractivity contribution is 6.31. The van der Waals surface area contributed by atoms with E-state index >= 15 is 0 Å². The first kappa shape index (κ1) is 14.3. The van der Waals surface area contributed by atoms with Gasteiger partial charge in [-0.3, -0.25) is 4.79 Å². The van der Waals surface area contributed by atoms with E-state index < -0.39 is 0 Å². The number of carbonyl (C=O) groups is 1. The van der Waals surface area contributed by atoms with Crippen molar-refractivity contribution in [2.75, 3.05) is 26.2 Å². The molecule has 0 bridgehead atoms. The summed E-state index contributed by atoms with van der Waals surface area (Å²) in [6, 6.07) is 4.60. The van der Waals surface area contributed by atoms with Gasteiger partial charge in [0, 0.05) is 36.6 Å². The molecular formula is C14H18ClFN2O. The van der Waals surface area contributed by atoms with Crippen LogP contribution in [-0.2, 0) is 11.2 Å². The summed E-state index contributed by atoms with van der Waals surface area (Å²) in [4.78, 5) is 13.9. The zero-order valence-corrected chi connectivity index (χ0v) is 11.5. The molecule has 0 spiro atoms. The summed E-state index contributed by atoms with van der Waals surface area (Å²) in [5.41, 5.74) is 0.436. The van der Waals surface area contributed by atoms with E-state index in [0.717, 1.165) is 32.6 Å². The van der Waals surface area contributed by atoms with E-state index in [1.54, 1.807) is 12.1 Å². The lowest BCUT2D eigenvalue weighted by Crippen LogP contribution is -2.34. The number of carbonyl (C=O) groups excluding carboxylic acids is 1. The number of benzene rings is 1. The molecule has 3 nitrogen and oxygen atoms in total. The first-order valence-corrected chi connectivity index (χ1v) is 6.97. The van der Waals surface area contributed by atoms with Crippen molar-refractivity contribution < 1.29 is 9.18 Å². The zero-order chi connectivity index (χ0) is 13.7. The van der Waals surface area contributed by atoms with Crippen LogP contribution in [0.25, 0.3) is 0 Å². The van der Waals surface area contributed by atoms with E-state index in [1.165, 1.54) is 6.07 Å². The third kappa shape index (κ3) is 3.91. The highest BCUT2D eigenvalue weighted by Crippen LogP contribution is 2.20. The van der Waals surface area contributed by atoms with Crippen molar-refractivity contribution in [3.8, 4) is 0 Å². The van der Waals surface area contributed by atoms with Crippen LogP contribution >= 0.6 is 11.6 Å². The van der Waals surface area contributed by atoms with Crippen molar-refractivity contribution in [3.63, 3.8) is 0 Å². The fourth-order valence-electron chi connectivity index (χ4n) is 2.26. The van der Waals surface area contributed by atoms with Crippen LogP contribution in [0.5, 0.6) is 0 Å². The molecule has 0 saturated carbocycles. The van der Waals surface area contributed by atoms with Crippen molar-refractivity contribution in [1.82, 2.24) is 10.2 Å². The van der Waals surface area contributed by atoms with Gasteiger partial charge in [0.15, 0.2) is 0 Å². The number of hydrogen-bond acceptors (Lipinski definition) is 2. The first-order chi connectivity index (χ1) is 9.18. The molecule has 0 aromatic heterocycles. The molecule has 1 fully saturated rings. The van der Waals surface area contributed by atoms with E-state index in [0.29, 0.717) is 23.4 Å². The Balaban J connectivity index is 1.92. The Kier molecular flexibility index (Phi) is 5.16. The molecule has 1 heterocycles. The molecule has 1 N–H and O–H groups in total. The Bertz CT molecular complexity index is 425. The Hall–Kier alpha value is -1.13. The van der Waals surface area contributed by atoms with Gasteiger partial charge in [-0.05, 0) is 31.5 Å². The highest BCUT2D eigenvalue weighted by atomic mass is 35.5. The summed E-state index contributed by atoms with van der Waals surface area (Å²) in [7, 11) is 0. The van der Waals surface area contributed by atoms with Gasteiger partial charge in [0.05, 0.1) is 0 Å². The van der Waals surface area contributed by atoms with Crippen LogP contribution < -0.4 is 5.32 Å². The van der Waals surface area contributed by atoms with Crippen LogP contribution in [0.3, 0.4) is 0 Å². The van der Waals surface area contributed by atoms with Crippen molar-refractivity contribution in [2.45, 2.75) is 19.3 Å². The lowest BCUT2D eigenvalue weighted by Gasteiger charge is -2.20. The highest BCUT2D eigenvalue weighted by Gasteiger charge is 2.16. The van der Waals surface area contributed by atoms with Gasteiger partial charge in [0.25, 0.3) is 0 Å². The summed E-state index contributed by atoms with van der Waals surface area (Å²) in [5.74, 6) is -0.263. The molecule has 1 saturated heterocycles. The predicted octanol–water partition coefficient (Wildman–Crippen LogP) is 2.23. The van der Waals surface area contributed by atoms with Gasteiger partial charge in [0.1, 0.15) is 5.82 Å². The Morgan fingerprint density at radius 3 is 3.00 bits per heavy atom. The normalized spacial score (nSPS) is 16.2. The molecule has 0 unspecified atom stereocenters. The minimum atomic E-state index is -0.335. The smallest absolute Gasteiger partial charge is 0.222 e. The lowest BCUT2D eigenvalue weighted by atomic mass is 10.1. The molecule has 104 valence electrons. The summed E-state index contributed by atoms with van der Waals surface area (Å²) in [6.45, 7) is 3.27. The quantitative estimate of drug-likeness (QED) is 0.923. The van der Waals surface area contributed by atoms with E-state index in [-0.39, 0.29) is 11.7 Å². The summed E-state index contributed by atoms with van der Waals surface area (Å²) in [5, 5.41) is 3.64. The summed E-state index contributed by atoms with van der Waals surface area (Å²) < 4.78 is 13.6. The van der Waals surface area contributed by atoms with Gasteiger partial charge in [0.2, 0.25) is 5.91 Å². The van der Waals surface area contributed by atoms with Crippen LogP contribution in [0.1, 0.15) is 18.4 Å². The fraction of sp³-hybridized carbons (Fsp3) is 0.500. The largest absolute Gasteiger partial charge is 0.341 e. The van der Waals surface area contributed by atoms with E-state index in [9.17, 15) is 9.18 Å². The molecule has 1 aliphatic rings. The molecule has 1 aromatic carbocycles. The fourth-order valence-corrected chi connectivity index (χ4v) is 2.51. The maximum atomic E-state index is 13.6. The molecule has 19 heavy (non-hydrogen) atoms. The Labute approximate surface area is 117 Å². The molecule has 0 atom stereocenters. The molecule has 1 aromatic rings. The Morgan fingerprint density at radius 2 is 2.21 bits per heavy atom. The third-order valence-corrected chi connectivity index (χ3v) is 3.70. The molecule has 1 amide bonds. The monoisotopic (exact) mass is 284 g/mol. The van der Waals surface area contributed by atoms with E-state index in [2.05, 4.69) is 5.32 Å². The number of halogens is 2. The van der Waals surface area contributed by atoms with Gasteiger partial charge >= 0.3 is 0 Å². The average Bonchev–Trinajstić information content (AvgIpc) is 2.66.